The molecule has 2 saturated heterocycles. The van der Waals surface area contributed by atoms with Gasteiger partial charge in [0.25, 0.3) is 0 Å². The molecule has 2 aliphatic rings. The first kappa shape index (κ1) is 14.0. The lowest BCUT2D eigenvalue weighted by Crippen LogP contribution is -2.37. The van der Waals surface area contributed by atoms with E-state index in [1.807, 2.05) is 25.1 Å². The normalized spacial score (nSPS) is 32.1. The monoisotopic (exact) mass is 276 g/mol. The van der Waals surface area contributed by atoms with Crippen LogP contribution in [0.15, 0.2) is 30.3 Å². The molecule has 4 heteroatoms. The van der Waals surface area contributed by atoms with Gasteiger partial charge >= 0.3 is 0 Å². The van der Waals surface area contributed by atoms with Crippen molar-refractivity contribution in [3.8, 4) is 0 Å². The van der Waals surface area contributed by atoms with Crippen molar-refractivity contribution in [2.45, 2.75) is 25.2 Å². The first-order valence-corrected chi connectivity index (χ1v) is 7.57. The topological polar surface area (TPSA) is 33.7 Å². The zero-order valence-corrected chi connectivity index (χ0v) is 12.2. The molecule has 0 bridgehead atoms. The van der Waals surface area contributed by atoms with E-state index < -0.39 is 5.79 Å². The van der Waals surface area contributed by atoms with E-state index in [4.69, 9.17) is 9.47 Å². The minimum absolute atomic E-state index is 0.165. The van der Waals surface area contributed by atoms with E-state index in [1.165, 1.54) is 6.42 Å². The van der Waals surface area contributed by atoms with Crippen molar-refractivity contribution in [3.63, 3.8) is 0 Å². The fourth-order valence-electron chi connectivity index (χ4n) is 2.99. The molecule has 3 rings (SSSR count). The molecule has 1 aromatic rings. The minimum atomic E-state index is -0.587. The maximum absolute atomic E-state index is 6.19. The zero-order chi connectivity index (χ0) is 13.8. The average Bonchev–Trinajstić information content (AvgIpc) is 2.69. The Bertz CT molecular complexity index is 418. The van der Waals surface area contributed by atoms with Gasteiger partial charge in [-0.1, -0.05) is 30.3 Å². The van der Waals surface area contributed by atoms with E-state index in [0.29, 0.717) is 6.61 Å². The molecule has 110 valence electrons. The summed E-state index contributed by atoms with van der Waals surface area (Å²) in [4.78, 5) is 2.48. The van der Waals surface area contributed by atoms with Gasteiger partial charge < -0.3 is 14.8 Å². The molecule has 0 saturated carbocycles. The molecule has 2 heterocycles. The Morgan fingerprint density at radius 3 is 2.95 bits per heavy atom. The molecular formula is C16H24N2O2. The fourth-order valence-corrected chi connectivity index (χ4v) is 2.99. The predicted molar refractivity (Wildman–Crippen MR) is 78.5 cm³/mol. The molecule has 0 amide bonds. The van der Waals surface area contributed by atoms with E-state index in [-0.39, 0.29) is 6.10 Å². The zero-order valence-electron chi connectivity index (χ0n) is 12.2. The maximum Gasteiger partial charge on any atom is 0.192 e. The van der Waals surface area contributed by atoms with E-state index in [9.17, 15) is 0 Å². The first-order chi connectivity index (χ1) is 9.76. The summed E-state index contributed by atoms with van der Waals surface area (Å²) in [6.45, 7) is 8.10. The maximum atomic E-state index is 6.19. The van der Waals surface area contributed by atoms with Crippen molar-refractivity contribution in [1.29, 1.82) is 0 Å². The Morgan fingerprint density at radius 1 is 1.25 bits per heavy atom. The molecule has 2 aliphatic heterocycles. The third-order valence-electron chi connectivity index (χ3n) is 4.13. The summed E-state index contributed by atoms with van der Waals surface area (Å²) in [6.07, 6.45) is 1.38. The molecule has 1 aromatic carbocycles. The van der Waals surface area contributed by atoms with Gasteiger partial charge in [-0.25, -0.2) is 0 Å². The summed E-state index contributed by atoms with van der Waals surface area (Å²) in [5.74, 6) is -0.587. The predicted octanol–water partition coefficient (Wildman–Crippen LogP) is 1.57. The Hall–Kier alpha value is -0.940. The van der Waals surface area contributed by atoms with Crippen LogP contribution in [0.3, 0.4) is 0 Å². The largest absolute Gasteiger partial charge is 0.343 e. The molecule has 20 heavy (non-hydrogen) atoms. The van der Waals surface area contributed by atoms with Gasteiger partial charge in [-0.15, -0.1) is 0 Å². The molecule has 2 fully saturated rings. The molecule has 0 aromatic heterocycles. The van der Waals surface area contributed by atoms with Crippen LogP contribution in [0.25, 0.3) is 0 Å². The summed E-state index contributed by atoms with van der Waals surface area (Å²) in [5, 5.41) is 3.43. The van der Waals surface area contributed by atoms with Crippen molar-refractivity contribution in [1.82, 2.24) is 10.2 Å². The van der Waals surface area contributed by atoms with Gasteiger partial charge in [0.05, 0.1) is 12.7 Å². The molecule has 2 atom stereocenters. The molecule has 0 radical (unpaired) electrons. The van der Waals surface area contributed by atoms with Gasteiger partial charge in [-0.2, -0.15) is 0 Å². The SMILES string of the molecule is CC1(c2ccccc2)OCC(CN2CCCNCC2)O1. The Labute approximate surface area is 121 Å². The van der Waals surface area contributed by atoms with E-state index >= 15 is 0 Å². The number of benzene rings is 1. The van der Waals surface area contributed by atoms with Crippen molar-refractivity contribution in [2.75, 3.05) is 39.3 Å². The summed E-state index contributed by atoms with van der Waals surface area (Å²) in [6, 6.07) is 10.2. The lowest BCUT2D eigenvalue weighted by Gasteiger charge is -2.26. The van der Waals surface area contributed by atoms with Crippen LogP contribution in [0, 0.1) is 0 Å². The number of hydrogen-bond donors (Lipinski definition) is 1. The molecule has 1 N–H and O–H groups in total. The Balaban J connectivity index is 1.59. The standard InChI is InChI=1S/C16H24N2O2/c1-16(14-6-3-2-4-7-14)19-13-15(20-16)12-18-10-5-8-17-9-11-18/h2-4,6-7,15,17H,5,8-13H2,1H3. The van der Waals surface area contributed by atoms with Gasteiger partial charge in [-0.05, 0) is 26.4 Å². The molecular weight excluding hydrogens is 252 g/mol. The highest BCUT2D eigenvalue weighted by Crippen LogP contribution is 2.33. The second kappa shape index (κ2) is 6.22. The second-order valence-corrected chi connectivity index (χ2v) is 5.77. The summed E-state index contributed by atoms with van der Waals surface area (Å²) < 4.78 is 12.1. The summed E-state index contributed by atoms with van der Waals surface area (Å²) in [5.41, 5.74) is 1.10. The van der Waals surface area contributed by atoms with Crippen LogP contribution < -0.4 is 5.32 Å². The van der Waals surface area contributed by atoms with Crippen LogP contribution >= 0.6 is 0 Å². The third kappa shape index (κ3) is 3.20. The summed E-state index contributed by atoms with van der Waals surface area (Å²) >= 11 is 0. The van der Waals surface area contributed by atoms with Gasteiger partial charge in [0.15, 0.2) is 5.79 Å². The fraction of sp³-hybridized carbons (Fsp3) is 0.625. The molecule has 0 aliphatic carbocycles. The molecule has 4 nitrogen and oxygen atoms in total. The summed E-state index contributed by atoms with van der Waals surface area (Å²) in [7, 11) is 0. The first-order valence-electron chi connectivity index (χ1n) is 7.57. The van der Waals surface area contributed by atoms with Gasteiger partial charge in [0.1, 0.15) is 0 Å². The third-order valence-corrected chi connectivity index (χ3v) is 4.13. The smallest absolute Gasteiger partial charge is 0.192 e. The highest BCUT2D eigenvalue weighted by Gasteiger charge is 2.39. The number of nitrogens with one attached hydrogen (secondary N) is 1. The van der Waals surface area contributed by atoms with Crippen molar-refractivity contribution >= 4 is 0 Å². The average molecular weight is 276 g/mol. The molecule has 0 spiro atoms. The molecule has 2 unspecified atom stereocenters. The lowest BCUT2D eigenvalue weighted by molar-refractivity contribution is -0.163. The van der Waals surface area contributed by atoms with Crippen molar-refractivity contribution in [2.24, 2.45) is 0 Å². The number of ether oxygens (including phenoxy) is 2. The van der Waals surface area contributed by atoms with Crippen molar-refractivity contribution < 1.29 is 9.47 Å². The second-order valence-electron chi connectivity index (χ2n) is 5.77. The van der Waals surface area contributed by atoms with Crippen LogP contribution in [0.2, 0.25) is 0 Å². The van der Waals surface area contributed by atoms with Crippen molar-refractivity contribution in [3.05, 3.63) is 35.9 Å². The quantitative estimate of drug-likeness (QED) is 0.908. The van der Waals surface area contributed by atoms with Crippen LogP contribution in [0.4, 0.5) is 0 Å². The van der Waals surface area contributed by atoms with E-state index in [0.717, 1.165) is 38.3 Å². The minimum Gasteiger partial charge on any atom is -0.343 e. The Morgan fingerprint density at radius 2 is 2.10 bits per heavy atom. The van der Waals surface area contributed by atoms with E-state index in [1.54, 1.807) is 0 Å². The lowest BCUT2D eigenvalue weighted by atomic mass is 10.1. The highest BCUT2D eigenvalue weighted by atomic mass is 16.7. The van der Waals surface area contributed by atoms with Crippen LogP contribution in [-0.4, -0.2) is 50.3 Å². The highest BCUT2D eigenvalue weighted by molar-refractivity contribution is 5.20. The number of rotatable bonds is 3. The number of nitrogens with zero attached hydrogens (tertiary/aromatic N) is 1. The Kier molecular flexibility index (Phi) is 4.36. The van der Waals surface area contributed by atoms with Gasteiger partial charge in [0.2, 0.25) is 0 Å². The van der Waals surface area contributed by atoms with Crippen LogP contribution in [0.1, 0.15) is 18.9 Å². The van der Waals surface area contributed by atoms with Gasteiger partial charge in [-0.3, -0.25) is 4.90 Å². The van der Waals surface area contributed by atoms with Crippen LogP contribution in [0.5, 0.6) is 0 Å². The van der Waals surface area contributed by atoms with Gasteiger partial charge in [0, 0.05) is 25.2 Å². The van der Waals surface area contributed by atoms with Crippen LogP contribution in [-0.2, 0) is 15.3 Å². The van der Waals surface area contributed by atoms with E-state index in [2.05, 4.69) is 22.3 Å². The number of hydrogen-bond acceptors (Lipinski definition) is 4.